The molecule has 5 heteroatoms. The Morgan fingerprint density at radius 2 is 2.26 bits per heavy atom. The van der Waals surface area contributed by atoms with Gasteiger partial charge in [0.05, 0.1) is 5.75 Å². The second kappa shape index (κ2) is 7.31. The van der Waals surface area contributed by atoms with Gasteiger partial charge in [0.25, 0.3) is 5.89 Å². The Labute approximate surface area is 117 Å². The van der Waals surface area contributed by atoms with Crippen molar-refractivity contribution < 1.29 is 4.52 Å². The molecule has 0 spiro atoms. The molecule has 0 unspecified atom stereocenters. The third kappa shape index (κ3) is 4.08. The van der Waals surface area contributed by atoms with E-state index in [-0.39, 0.29) is 0 Å². The zero-order valence-electron chi connectivity index (χ0n) is 11.1. The van der Waals surface area contributed by atoms with Crippen molar-refractivity contribution in [2.45, 2.75) is 25.5 Å². The van der Waals surface area contributed by atoms with Crippen molar-refractivity contribution in [1.82, 2.24) is 10.1 Å². The van der Waals surface area contributed by atoms with Gasteiger partial charge in [-0.15, -0.1) is 0 Å². The fourth-order valence-electron chi connectivity index (χ4n) is 1.76. The van der Waals surface area contributed by atoms with E-state index in [1.807, 2.05) is 23.9 Å². The number of rotatable bonds is 7. The molecule has 2 aromatic rings. The van der Waals surface area contributed by atoms with Crippen molar-refractivity contribution in [3.8, 4) is 11.5 Å². The first-order chi connectivity index (χ1) is 9.33. The van der Waals surface area contributed by atoms with Crippen LogP contribution in [-0.4, -0.2) is 22.4 Å². The van der Waals surface area contributed by atoms with Crippen molar-refractivity contribution in [2.75, 3.05) is 12.3 Å². The molecule has 0 saturated heterocycles. The van der Waals surface area contributed by atoms with Gasteiger partial charge >= 0.3 is 0 Å². The highest BCUT2D eigenvalue weighted by Gasteiger charge is 2.09. The van der Waals surface area contributed by atoms with Crippen LogP contribution in [0.5, 0.6) is 0 Å². The van der Waals surface area contributed by atoms with Gasteiger partial charge in [-0.1, -0.05) is 24.2 Å². The summed E-state index contributed by atoms with van der Waals surface area (Å²) in [7, 11) is 0. The van der Waals surface area contributed by atoms with Gasteiger partial charge in [-0.25, -0.2) is 0 Å². The van der Waals surface area contributed by atoms with Crippen LogP contribution in [0.15, 0.2) is 28.8 Å². The van der Waals surface area contributed by atoms with Gasteiger partial charge in [0, 0.05) is 5.56 Å². The molecule has 1 aromatic heterocycles. The number of nitrogens with zero attached hydrogens (tertiary/aromatic N) is 2. The van der Waals surface area contributed by atoms with Crippen molar-refractivity contribution in [1.29, 1.82) is 0 Å². The monoisotopic (exact) mass is 277 g/mol. The molecule has 4 nitrogen and oxygen atoms in total. The zero-order valence-corrected chi connectivity index (χ0v) is 11.9. The van der Waals surface area contributed by atoms with Crippen molar-refractivity contribution in [3.05, 3.63) is 35.7 Å². The van der Waals surface area contributed by atoms with Gasteiger partial charge in [0.1, 0.15) is 0 Å². The smallest absolute Gasteiger partial charge is 0.257 e. The van der Waals surface area contributed by atoms with Crippen molar-refractivity contribution in [2.24, 2.45) is 5.73 Å². The molecule has 0 saturated carbocycles. The summed E-state index contributed by atoms with van der Waals surface area (Å²) in [6, 6.07) is 8.10. The Hall–Kier alpha value is -1.33. The Kier molecular flexibility index (Phi) is 5.42. The molecule has 0 aliphatic heterocycles. The number of hydrogen-bond acceptors (Lipinski definition) is 5. The lowest BCUT2D eigenvalue weighted by atomic mass is 10.1. The number of benzene rings is 1. The molecule has 2 rings (SSSR count). The van der Waals surface area contributed by atoms with E-state index < -0.39 is 0 Å². The quantitative estimate of drug-likeness (QED) is 0.788. The van der Waals surface area contributed by atoms with Crippen molar-refractivity contribution in [3.63, 3.8) is 0 Å². The summed E-state index contributed by atoms with van der Waals surface area (Å²) < 4.78 is 5.31. The highest BCUT2D eigenvalue weighted by atomic mass is 32.2. The number of nitrogens with two attached hydrogens (primary N) is 1. The van der Waals surface area contributed by atoms with Crippen LogP contribution in [0.1, 0.15) is 24.7 Å². The lowest BCUT2D eigenvalue weighted by Crippen LogP contribution is -2.02. The molecular weight excluding hydrogens is 258 g/mol. The molecule has 2 N–H and O–H groups in total. The summed E-state index contributed by atoms with van der Waals surface area (Å²) >= 11 is 1.82. The first-order valence-electron chi connectivity index (χ1n) is 6.53. The third-order valence-electron chi connectivity index (χ3n) is 2.65. The molecule has 1 heterocycles. The summed E-state index contributed by atoms with van der Waals surface area (Å²) in [5, 5.41) is 4.01. The van der Waals surface area contributed by atoms with Crippen LogP contribution in [0, 0.1) is 0 Å². The number of aromatic nitrogens is 2. The zero-order chi connectivity index (χ0) is 13.5. The maximum Gasteiger partial charge on any atom is 0.257 e. The highest BCUT2D eigenvalue weighted by Crippen LogP contribution is 2.20. The number of hydrogen-bond donors (Lipinski definition) is 1. The molecule has 0 atom stereocenters. The summed E-state index contributed by atoms with van der Waals surface area (Å²) in [6.07, 6.45) is 2.03. The van der Waals surface area contributed by atoms with Gasteiger partial charge in [0.2, 0.25) is 0 Å². The van der Waals surface area contributed by atoms with E-state index in [0.29, 0.717) is 12.4 Å². The largest absolute Gasteiger partial charge is 0.334 e. The predicted octanol–water partition coefficient (Wildman–Crippen LogP) is 2.88. The lowest BCUT2D eigenvalue weighted by molar-refractivity contribution is 0.425. The highest BCUT2D eigenvalue weighted by molar-refractivity contribution is 7.98. The molecule has 102 valence electrons. The minimum Gasteiger partial charge on any atom is -0.334 e. The third-order valence-corrected chi connectivity index (χ3v) is 3.81. The van der Waals surface area contributed by atoms with Crippen LogP contribution in [0.25, 0.3) is 11.5 Å². The minimum atomic E-state index is 0.589. The van der Waals surface area contributed by atoms with E-state index >= 15 is 0 Å². The lowest BCUT2D eigenvalue weighted by Gasteiger charge is -1.99. The van der Waals surface area contributed by atoms with Gasteiger partial charge in [-0.3, -0.25) is 0 Å². The van der Waals surface area contributed by atoms with E-state index in [2.05, 4.69) is 29.2 Å². The summed E-state index contributed by atoms with van der Waals surface area (Å²) in [4.78, 5) is 4.42. The summed E-state index contributed by atoms with van der Waals surface area (Å²) in [6.45, 7) is 2.81. The molecule has 19 heavy (non-hydrogen) atoms. The van der Waals surface area contributed by atoms with E-state index in [4.69, 9.17) is 10.3 Å². The topological polar surface area (TPSA) is 64.9 Å². The molecule has 0 radical (unpaired) electrons. The molecule has 0 amide bonds. The Morgan fingerprint density at radius 3 is 3.05 bits per heavy atom. The van der Waals surface area contributed by atoms with Crippen LogP contribution in [0.4, 0.5) is 0 Å². The molecule has 0 aliphatic rings. The first kappa shape index (κ1) is 14.1. The van der Waals surface area contributed by atoms with Gasteiger partial charge in [0.15, 0.2) is 5.82 Å². The Balaban J connectivity index is 2.07. The second-order valence-electron chi connectivity index (χ2n) is 4.31. The first-order valence-corrected chi connectivity index (χ1v) is 7.68. The van der Waals surface area contributed by atoms with Crippen LogP contribution in [-0.2, 0) is 12.2 Å². The predicted molar refractivity (Wildman–Crippen MR) is 78.9 cm³/mol. The molecular formula is C14H19N3OS. The van der Waals surface area contributed by atoms with Gasteiger partial charge < -0.3 is 10.3 Å². The Morgan fingerprint density at radius 1 is 1.37 bits per heavy atom. The Bertz CT molecular complexity index is 513. The van der Waals surface area contributed by atoms with Crippen LogP contribution in [0.3, 0.4) is 0 Å². The maximum absolute atomic E-state index is 5.57. The summed E-state index contributed by atoms with van der Waals surface area (Å²) in [5.41, 5.74) is 7.72. The normalized spacial score (nSPS) is 10.8. The van der Waals surface area contributed by atoms with Crippen molar-refractivity contribution >= 4 is 11.8 Å². The fourth-order valence-corrected chi connectivity index (χ4v) is 2.50. The van der Waals surface area contributed by atoms with Gasteiger partial charge in [-0.05, 0) is 42.8 Å². The SMILES string of the molecule is CCCSCc1noc(-c2cccc(CCN)c2)n1. The second-order valence-corrected chi connectivity index (χ2v) is 5.41. The average molecular weight is 277 g/mol. The molecule has 0 bridgehead atoms. The van der Waals surface area contributed by atoms with E-state index in [9.17, 15) is 0 Å². The maximum atomic E-state index is 5.57. The van der Waals surface area contributed by atoms with E-state index in [1.165, 1.54) is 5.56 Å². The summed E-state index contributed by atoms with van der Waals surface area (Å²) in [5.74, 6) is 3.28. The van der Waals surface area contributed by atoms with Crippen LogP contribution < -0.4 is 5.73 Å². The van der Waals surface area contributed by atoms with E-state index in [1.54, 1.807) is 0 Å². The van der Waals surface area contributed by atoms with Crippen LogP contribution >= 0.6 is 11.8 Å². The van der Waals surface area contributed by atoms with Crippen LogP contribution in [0.2, 0.25) is 0 Å². The molecule has 0 aliphatic carbocycles. The standard InChI is InChI=1S/C14H19N3OS/c1-2-8-19-10-13-16-14(18-17-13)12-5-3-4-11(9-12)6-7-15/h3-5,9H,2,6-8,10,15H2,1H3. The fraction of sp³-hybridized carbons (Fsp3) is 0.429. The van der Waals surface area contributed by atoms with Gasteiger partial charge in [-0.2, -0.15) is 16.7 Å². The molecule has 1 aromatic carbocycles. The molecule has 0 fully saturated rings. The number of thioether (sulfide) groups is 1. The minimum absolute atomic E-state index is 0.589. The van der Waals surface area contributed by atoms with E-state index in [0.717, 1.165) is 35.7 Å². The average Bonchev–Trinajstić information content (AvgIpc) is 2.89.